The highest BCUT2D eigenvalue weighted by Gasteiger charge is 2.38. The van der Waals surface area contributed by atoms with Crippen molar-refractivity contribution in [2.24, 2.45) is 0 Å². The number of halogens is 1. The highest BCUT2D eigenvalue weighted by Crippen LogP contribution is 2.44. The minimum absolute atomic E-state index is 0.149. The van der Waals surface area contributed by atoms with Crippen molar-refractivity contribution in [3.63, 3.8) is 0 Å². The van der Waals surface area contributed by atoms with Crippen LogP contribution in [0.2, 0.25) is 5.02 Å². The molecule has 0 aromatic heterocycles. The lowest BCUT2D eigenvalue weighted by Gasteiger charge is -2.17. The Morgan fingerprint density at radius 2 is 2.36 bits per heavy atom. The lowest BCUT2D eigenvalue weighted by molar-refractivity contribution is 0.480. The fraction of sp³-hybridized carbons (Fsp3) is 0.200. The van der Waals surface area contributed by atoms with Gasteiger partial charge in [-0.3, -0.25) is 0 Å². The SMILES string of the molecule is [B]c1cc(Cl)c2c(c1O)N1CC1C=C2. The van der Waals surface area contributed by atoms with Gasteiger partial charge in [-0.1, -0.05) is 29.2 Å². The number of rotatable bonds is 0. The summed E-state index contributed by atoms with van der Waals surface area (Å²) in [5, 5.41) is 10.4. The molecule has 0 amide bonds. The lowest BCUT2D eigenvalue weighted by atomic mass is 9.91. The molecule has 1 unspecified atom stereocenters. The molecule has 3 rings (SSSR count). The van der Waals surface area contributed by atoms with Crippen LogP contribution in [0.15, 0.2) is 12.1 Å². The fourth-order valence-electron chi connectivity index (χ4n) is 1.89. The topological polar surface area (TPSA) is 23.2 Å². The molecular weight excluding hydrogens is 196 g/mol. The quantitative estimate of drug-likeness (QED) is 0.503. The monoisotopic (exact) mass is 203 g/mol. The van der Waals surface area contributed by atoms with E-state index in [1.54, 1.807) is 6.07 Å². The van der Waals surface area contributed by atoms with Crippen LogP contribution in [0.4, 0.5) is 5.69 Å². The second kappa shape index (κ2) is 2.48. The molecule has 2 aliphatic rings. The van der Waals surface area contributed by atoms with E-state index >= 15 is 0 Å². The zero-order valence-electron chi connectivity index (χ0n) is 7.37. The Morgan fingerprint density at radius 3 is 3.14 bits per heavy atom. The maximum Gasteiger partial charge on any atom is 0.132 e. The molecule has 2 heterocycles. The average molecular weight is 203 g/mol. The van der Waals surface area contributed by atoms with Crippen molar-refractivity contribution in [2.45, 2.75) is 6.04 Å². The summed E-state index contributed by atoms with van der Waals surface area (Å²) in [6, 6.07) is 2.01. The second-order valence-electron chi connectivity index (χ2n) is 3.64. The van der Waals surface area contributed by atoms with E-state index in [1.165, 1.54) is 0 Å². The number of benzene rings is 1. The van der Waals surface area contributed by atoms with Gasteiger partial charge in [-0.2, -0.15) is 0 Å². The van der Waals surface area contributed by atoms with E-state index in [4.69, 9.17) is 19.4 Å². The molecular formula is C10H7BClNO. The molecule has 1 atom stereocenters. The molecule has 0 bridgehead atoms. The Morgan fingerprint density at radius 1 is 1.57 bits per heavy atom. The summed E-state index contributed by atoms with van der Waals surface area (Å²) in [7, 11) is 5.64. The largest absolute Gasteiger partial charge is 0.506 e. The van der Waals surface area contributed by atoms with Gasteiger partial charge >= 0.3 is 0 Å². The molecule has 4 heteroatoms. The third-order valence-electron chi connectivity index (χ3n) is 2.72. The van der Waals surface area contributed by atoms with Crippen LogP contribution in [0.25, 0.3) is 6.08 Å². The predicted molar refractivity (Wildman–Crippen MR) is 58.7 cm³/mol. The van der Waals surface area contributed by atoms with Gasteiger partial charge in [0.25, 0.3) is 0 Å². The third kappa shape index (κ3) is 0.933. The summed E-state index contributed by atoms with van der Waals surface area (Å²) in [5.74, 6) is 0.149. The Balaban J connectivity index is 2.33. The molecule has 1 aromatic carbocycles. The first kappa shape index (κ1) is 8.24. The van der Waals surface area contributed by atoms with Gasteiger partial charge < -0.3 is 10.0 Å². The van der Waals surface area contributed by atoms with Crippen LogP contribution in [0.1, 0.15) is 5.56 Å². The zero-order valence-corrected chi connectivity index (χ0v) is 8.12. The number of hydrogen-bond acceptors (Lipinski definition) is 2. The van der Waals surface area contributed by atoms with Gasteiger partial charge in [0, 0.05) is 17.1 Å². The van der Waals surface area contributed by atoms with E-state index < -0.39 is 0 Å². The Bertz CT molecular complexity index is 458. The Kier molecular flexibility index (Phi) is 1.46. The zero-order chi connectivity index (χ0) is 9.87. The lowest BCUT2D eigenvalue weighted by Crippen LogP contribution is -2.11. The van der Waals surface area contributed by atoms with Crippen LogP contribution in [-0.2, 0) is 0 Å². The third-order valence-corrected chi connectivity index (χ3v) is 3.03. The number of nitrogens with zero attached hydrogens (tertiary/aromatic N) is 1. The van der Waals surface area contributed by atoms with E-state index in [0.717, 1.165) is 17.8 Å². The predicted octanol–water partition coefficient (Wildman–Crippen LogP) is 1.05. The highest BCUT2D eigenvalue weighted by molar-refractivity contribution is 6.39. The van der Waals surface area contributed by atoms with Crippen molar-refractivity contribution < 1.29 is 5.11 Å². The van der Waals surface area contributed by atoms with Gasteiger partial charge in [0.15, 0.2) is 0 Å². The van der Waals surface area contributed by atoms with E-state index in [-0.39, 0.29) is 5.75 Å². The van der Waals surface area contributed by atoms with Gasteiger partial charge in [0.1, 0.15) is 13.6 Å². The molecule has 1 fully saturated rings. The summed E-state index contributed by atoms with van der Waals surface area (Å²) >= 11 is 6.03. The van der Waals surface area contributed by atoms with Gasteiger partial charge in [-0.15, -0.1) is 0 Å². The number of aromatic hydroxyl groups is 1. The molecule has 68 valence electrons. The highest BCUT2D eigenvalue weighted by atomic mass is 35.5. The minimum atomic E-state index is 0.149. The van der Waals surface area contributed by atoms with Gasteiger partial charge in [-0.25, -0.2) is 0 Å². The summed E-state index contributed by atoms with van der Waals surface area (Å²) in [6.07, 6.45) is 4.04. The van der Waals surface area contributed by atoms with E-state index in [9.17, 15) is 5.11 Å². The number of anilines is 1. The van der Waals surface area contributed by atoms with Gasteiger partial charge in [0.05, 0.1) is 11.7 Å². The summed E-state index contributed by atoms with van der Waals surface area (Å²) < 4.78 is 0. The summed E-state index contributed by atoms with van der Waals surface area (Å²) in [4.78, 5) is 2.08. The van der Waals surface area contributed by atoms with E-state index in [0.29, 0.717) is 16.5 Å². The molecule has 1 saturated heterocycles. The van der Waals surface area contributed by atoms with E-state index in [2.05, 4.69) is 11.0 Å². The normalized spacial score (nSPS) is 21.8. The fourth-order valence-corrected chi connectivity index (χ4v) is 2.16. The molecule has 1 N–H and O–H groups in total. The maximum absolute atomic E-state index is 9.81. The van der Waals surface area contributed by atoms with Crippen molar-refractivity contribution in [2.75, 3.05) is 11.4 Å². The number of hydrogen-bond donors (Lipinski definition) is 1. The standard InChI is InChI=1S/C10H7BClNO/c11-7-3-8(12)6-2-1-5-4-13(5)9(6)10(7)14/h1-3,5,14H,4H2. The van der Waals surface area contributed by atoms with Crippen LogP contribution >= 0.6 is 11.6 Å². The average Bonchev–Trinajstić information content (AvgIpc) is 2.91. The minimum Gasteiger partial charge on any atom is -0.506 e. The molecule has 0 aliphatic carbocycles. The first-order valence-electron chi connectivity index (χ1n) is 4.44. The number of fused-ring (bicyclic) bond motifs is 3. The van der Waals surface area contributed by atoms with Crippen LogP contribution in [-0.4, -0.2) is 25.5 Å². The van der Waals surface area contributed by atoms with Crippen molar-refractivity contribution in [3.8, 4) is 5.75 Å². The molecule has 2 radical (unpaired) electrons. The first-order chi connectivity index (χ1) is 6.68. The van der Waals surface area contributed by atoms with Crippen molar-refractivity contribution >= 4 is 36.7 Å². The summed E-state index contributed by atoms with van der Waals surface area (Å²) in [6.45, 7) is 0.941. The van der Waals surface area contributed by atoms with Crippen molar-refractivity contribution in [1.82, 2.24) is 0 Å². The smallest absolute Gasteiger partial charge is 0.132 e. The van der Waals surface area contributed by atoms with Crippen LogP contribution in [0.3, 0.4) is 0 Å². The number of phenolic OH excluding ortho intramolecular Hbond substituents is 1. The molecule has 0 saturated carbocycles. The van der Waals surface area contributed by atoms with Crippen molar-refractivity contribution in [3.05, 3.63) is 22.7 Å². The molecule has 0 spiro atoms. The second-order valence-corrected chi connectivity index (χ2v) is 4.04. The van der Waals surface area contributed by atoms with E-state index in [1.807, 2.05) is 6.08 Å². The van der Waals surface area contributed by atoms with Crippen molar-refractivity contribution in [1.29, 1.82) is 0 Å². The maximum atomic E-state index is 9.81. The summed E-state index contributed by atoms with van der Waals surface area (Å²) in [5.41, 5.74) is 1.99. The molecule has 2 nitrogen and oxygen atoms in total. The number of phenols is 1. The van der Waals surface area contributed by atoms with Gasteiger partial charge in [0.2, 0.25) is 0 Å². The molecule has 1 aromatic rings. The van der Waals surface area contributed by atoms with Gasteiger partial charge in [-0.05, 0) is 6.07 Å². The van der Waals surface area contributed by atoms with Crippen LogP contribution < -0.4 is 10.4 Å². The molecule has 2 aliphatic heterocycles. The Hall–Kier alpha value is -1.09. The molecule has 14 heavy (non-hydrogen) atoms. The Labute approximate surface area is 88.2 Å². The van der Waals surface area contributed by atoms with Crippen LogP contribution in [0.5, 0.6) is 5.75 Å². The first-order valence-corrected chi connectivity index (χ1v) is 4.82. The van der Waals surface area contributed by atoms with Crippen LogP contribution in [0, 0.1) is 0 Å².